The molecule has 0 heterocycles. The highest BCUT2D eigenvalue weighted by atomic mass is 32.2. The highest BCUT2D eigenvalue weighted by molar-refractivity contribution is 8.00. The third kappa shape index (κ3) is 4.62. The van der Waals surface area contributed by atoms with E-state index in [0.29, 0.717) is 11.3 Å². The van der Waals surface area contributed by atoms with Crippen LogP contribution < -0.4 is 5.32 Å². The van der Waals surface area contributed by atoms with E-state index in [2.05, 4.69) is 5.32 Å². The Balaban J connectivity index is 2.44. The summed E-state index contributed by atoms with van der Waals surface area (Å²) in [5.41, 5.74) is 0. The zero-order valence-electron chi connectivity index (χ0n) is 9.95. The van der Waals surface area contributed by atoms with Gasteiger partial charge in [-0.3, -0.25) is 4.79 Å². The summed E-state index contributed by atoms with van der Waals surface area (Å²) in [6.45, 7) is 1.74. The van der Waals surface area contributed by atoms with Gasteiger partial charge in [0.1, 0.15) is 0 Å². The van der Waals surface area contributed by atoms with Crippen LogP contribution in [0.4, 0.5) is 8.78 Å². The Bertz CT molecular complexity index is 411. The van der Waals surface area contributed by atoms with Gasteiger partial charge in [0, 0.05) is 4.90 Å². The zero-order chi connectivity index (χ0) is 13.5. The number of aliphatic hydroxyl groups excluding tert-OH is 1. The Hall–Kier alpha value is -1.14. The van der Waals surface area contributed by atoms with Gasteiger partial charge in [-0.15, -0.1) is 11.8 Å². The third-order valence-electron chi connectivity index (χ3n) is 2.34. The zero-order valence-corrected chi connectivity index (χ0v) is 10.8. The van der Waals surface area contributed by atoms with Crippen molar-refractivity contribution in [3.05, 3.63) is 29.8 Å². The Morgan fingerprint density at radius 1 is 1.44 bits per heavy atom. The molecule has 100 valence electrons. The minimum absolute atomic E-state index is 0.0988. The van der Waals surface area contributed by atoms with Crippen molar-refractivity contribution in [1.29, 1.82) is 0 Å². The SMILES string of the molecule is CC[C@@H](CO)NC(=O)CSc1ccc(F)c(F)c1. The summed E-state index contributed by atoms with van der Waals surface area (Å²) in [5, 5.41) is 11.5. The first-order chi connectivity index (χ1) is 8.56. The monoisotopic (exact) mass is 275 g/mol. The molecule has 0 aromatic heterocycles. The van der Waals surface area contributed by atoms with Gasteiger partial charge in [-0.1, -0.05) is 6.92 Å². The second-order valence-electron chi connectivity index (χ2n) is 3.72. The van der Waals surface area contributed by atoms with Crippen LogP contribution >= 0.6 is 11.8 Å². The smallest absolute Gasteiger partial charge is 0.230 e. The molecule has 0 bridgehead atoms. The molecule has 0 unspecified atom stereocenters. The van der Waals surface area contributed by atoms with Crippen molar-refractivity contribution >= 4 is 17.7 Å². The lowest BCUT2D eigenvalue weighted by Gasteiger charge is -2.13. The van der Waals surface area contributed by atoms with Crippen LogP contribution in [0.2, 0.25) is 0 Å². The Labute approximate surface area is 109 Å². The van der Waals surface area contributed by atoms with Gasteiger partial charge in [0.15, 0.2) is 11.6 Å². The van der Waals surface area contributed by atoms with Crippen LogP contribution in [0.5, 0.6) is 0 Å². The van der Waals surface area contributed by atoms with Crippen molar-refractivity contribution in [2.24, 2.45) is 0 Å². The molecule has 1 amide bonds. The van der Waals surface area contributed by atoms with E-state index in [1.54, 1.807) is 0 Å². The number of benzene rings is 1. The highest BCUT2D eigenvalue weighted by Gasteiger charge is 2.10. The number of amides is 1. The summed E-state index contributed by atoms with van der Waals surface area (Å²) in [6.07, 6.45) is 0.637. The Morgan fingerprint density at radius 2 is 2.17 bits per heavy atom. The van der Waals surface area contributed by atoms with E-state index in [-0.39, 0.29) is 24.3 Å². The number of hydrogen-bond acceptors (Lipinski definition) is 3. The second kappa shape index (κ2) is 7.33. The maximum Gasteiger partial charge on any atom is 0.230 e. The number of carbonyl (C=O) groups excluding carboxylic acids is 1. The van der Waals surface area contributed by atoms with E-state index in [9.17, 15) is 13.6 Å². The van der Waals surface area contributed by atoms with Crippen LogP contribution in [-0.2, 0) is 4.79 Å². The number of rotatable bonds is 6. The molecule has 6 heteroatoms. The third-order valence-corrected chi connectivity index (χ3v) is 3.33. The predicted molar refractivity (Wildman–Crippen MR) is 66.4 cm³/mol. The largest absolute Gasteiger partial charge is 0.394 e. The first-order valence-electron chi connectivity index (χ1n) is 5.54. The molecule has 1 aromatic carbocycles. The fraction of sp³-hybridized carbons (Fsp3) is 0.417. The standard InChI is InChI=1S/C12H15F2NO2S/c1-2-8(6-16)15-12(17)7-18-9-3-4-10(13)11(14)5-9/h3-5,8,16H,2,6-7H2,1H3,(H,15,17)/t8-/m0/s1. The van der Waals surface area contributed by atoms with Gasteiger partial charge in [-0.05, 0) is 24.6 Å². The van der Waals surface area contributed by atoms with E-state index >= 15 is 0 Å². The molecule has 0 spiro atoms. The van der Waals surface area contributed by atoms with Crippen LogP contribution in [0.1, 0.15) is 13.3 Å². The minimum Gasteiger partial charge on any atom is -0.394 e. The number of carbonyl (C=O) groups is 1. The molecule has 3 nitrogen and oxygen atoms in total. The van der Waals surface area contributed by atoms with Crippen molar-refractivity contribution in [3.8, 4) is 0 Å². The molecule has 0 aliphatic heterocycles. The molecule has 0 aliphatic rings. The van der Waals surface area contributed by atoms with Gasteiger partial charge in [0.05, 0.1) is 18.4 Å². The first kappa shape index (κ1) is 14.9. The molecule has 2 N–H and O–H groups in total. The first-order valence-corrected chi connectivity index (χ1v) is 6.53. The molecule has 0 radical (unpaired) electrons. The van der Waals surface area contributed by atoms with Crippen molar-refractivity contribution < 1.29 is 18.7 Å². The van der Waals surface area contributed by atoms with E-state index < -0.39 is 11.6 Å². The molecular weight excluding hydrogens is 260 g/mol. The lowest BCUT2D eigenvalue weighted by molar-refractivity contribution is -0.119. The number of aliphatic hydroxyl groups is 1. The number of halogens is 2. The molecule has 1 atom stereocenters. The molecule has 18 heavy (non-hydrogen) atoms. The number of nitrogens with one attached hydrogen (secondary N) is 1. The van der Waals surface area contributed by atoms with Crippen LogP contribution in [0, 0.1) is 11.6 Å². The van der Waals surface area contributed by atoms with Gasteiger partial charge in [0.25, 0.3) is 0 Å². The van der Waals surface area contributed by atoms with Gasteiger partial charge in [-0.25, -0.2) is 8.78 Å². The molecule has 1 aromatic rings. The highest BCUT2D eigenvalue weighted by Crippen LogP contribution is 2.20. The van der Waals surface area contributed by atoms with Gasteiger partial charge in [-0.2, -0.15) is 0 Å². The maximum absolute atomic E-state index is 12.9. The predicted octanol–water partition coefficient (Wildman–Crippen LogP) is 1.94. The Morgan fingerprint density at radius 3 is 2.72 bits per heavy atom. The molecule has 1 rings (SSSR count). The molecule has 0 saturated carbocycles. The van der Waals surface area contributed by atoms with Gasteiger partial charge < -0.3 is 10.4 Å². The Kier molecular flexibility index (Phi) is 6.07. The topological polar surface area (TPSA) is 49.3 Å². The molecular formula is C12H15F2NO2S. The van der Waals surface area contributed by atoms with Crippen molar-refractivity contribution in [2.75, 3.05) is 12.4 Å². The summed E-state index contributed by atoms with van der Waals surface area (Å²) in [6, 6.07) is 3.23. The van der Waals surface area contributed by atoms with E-state index in [1.807, 2.05) is 6.92 Å². The van der Waals surface area contributed by atoms with E-state index in [4.69, 9.17) is 5.11 Å². The summed E-state index contributed by atoms with van der Waals surface area (Å²) < 4.78 is 25.6. The van der Waals surface area contributed by atoms with Crippen LogP contribution in [0.25, 0.3) is 0 Å². The summed E-state index contributed by atoms with van der Waals surface area (Å²) >= 11 is 1.11. The number of thioether (sulfide) groups is 1. The van der Waals surface area contributed by atoms with Crippen molar-refractivity contribution in [3.63, 3.8) is 0 Å². The normalized spacial score (nSPS) is 12.2. The second-order valence-corrected chi connectivity index (χ2v) is 4.77. The summed E-state index contributed by atoms with van der Waals surface area (Å²) in [5.74, 6) is -1.98. The van der Waals surface area contributed by atoms with Crippen LogP contribution in [0.15, 0.2) is 23.1 Å². The van der Waals surface area contributed by atoms with Crippen molar-refractivity contribution in [1.82, 2.24) is 5.32 Å². The molecule has 0 fully saturated rings. The number of hydrogen-bond donors (Lipinski definition) is 2. The van der Waals surface area contributed by atoms with Gasteiger partial charge in [0.2, 0.25) is 5.91 Å². The van der Waals surface area contributed by atoms with E-state index in [0.717, 1.165) is 23.9 Å². The van der Waals surface area contributed by atoms with Crippen molar-refractivity contribution in [2.45, 2.75) is 24.3 Å². The lowest BCUT2D eigenvalue weighted by atomic mass is 10.2. The summed E-state index contributed by atoms with van der Waals surface area (Å²) in [7, 11) is 0. The molecule has 0 saturated heterocycles. The molecule has 0 aliphatic carbocycles. The maximum atomic E-state index is 12.9. The van der Waals surface area contributed by atoms with Crippen LogP contribution in [-0.4, -0.2) is 29.4 Å². The minimum atomic E-state index is -0.929. The van der Waals surface area contributed by atoms with Crippen LogP contribution in [0.3, 0.4) is 0 Å². The van der Waals surface area contributed by atoms with Gasteiger partial charge >= 0.3 is 0 Å². The average molecular weight is 275 g/mol. The summed E-state index contributed by atoms with van der Waals surface area (Å²) in [4.78, 5) is 12.0. The fourth-order valence-electron chi connectivity index (χ4n) is 1.26. The lowest BCUT2D eigenvalue weighted by Crippen LogP contribution is -2.37. The fourth-order valence-corrected chi connectivity index (χ4v) is 1.99. The average Bonchev–Trinajstić information content (AvgIpc) is 2.37. The quantitative estimate of drug-likeness (QED) is 0.780. The van der Waals surface area contributed by atoms with E-state index in [1.165, 1.54) is 6.07 Å².